The molecule has 2 aromatic rings. The molecule has 0 fully saturated rings. The molecule has 0 amide bonds. The van der Waals surface area contributed by atoms with E-state index in [0.717, 1.165) is 31.2 Å². The number of benzene rings is 2. The second-order valence-corrected chi connectivity index (χ2v) is 7.98. The molecule has 0 aliphatic rings. The van der Waals surface area contributed by atoms with Gasteiger partial charge in [0.1, 0.15) is 11.5 Å². The van der Waals surface area contributed by atoms with Crippen LogP contribution in [0, 0.1) is 0 Å². The molecule has 0 radical (unpaired) electrons. The number of phenolic OH excluding ortho intramolecular Hbond substituents is 2. The highest BCUT2D eigenvalue weighted by molar-refractivity contribution is 5.98. The molecule has 0 aromatic heterocycles. The van der Waals surface area contributed by atoms with E-state index < -0.39 is 0 Å². The predicted octanol–water partition coefficient (Wildman–Crippen LogP) is 7.33. The minimum Gasteiger partial charge on any atom is -0.508 e. The third-order valence-corrected chi connectivity index (χ3v) is 5.94. The number of Topliss-reactive ketones (excluding diaryl/α,β-unsaturated/α-hetero) is 1. The molecule has 158 valence electrons. The zero-order valence-corrected chi connectivity index (χ0v) is 18.2. The van der Waals surface area contributed by atoms with Crippen LogP contribution in [0.15, 0.2) is 42.5 Å². The molecule has 0 aliphatic carbocycles. The molecule has 3 nitrogen and oxygen atoms in total. The van der Waals surface area contributed by atoms with Crippen LogP contribution in [0.5, 0.6) is 11.5 Å². The fourth-order valence-corrected chi connectivity index (χ4v) is 4.26. The molecule has 0 bridgehead atoms. The number of ketones is 1. The Labute approximate surface area is 175 Å². The van der Waals surface area contributed by atoms with Gasteiger partial charge in [-0.25, -0.2) is 0 Å². The number of carbonyl (C=O) groups excluding carboxylic acids is 1. The van der Waals surface area contributed by atoms with Gasteiger partial charge in [-0.1, -0.05) is 64.7 Å². The summed E-state index contributed by atoms with van der Waals surface area (Å²) in [4.78, 5) is 12.7. The topological polar surface area (TPSA) is 57.5 Å². The Morgan fingerprint density at radius 3 is 2.00 bits per heavy atom. The molecule has 2 aromatic carbocycles. The van der Waals surface area contributed by atoms with Crippen LogP contribution in [0.3, 0.4) is 0 Å². The average molecular weight is 397 g/mol. The Morgan fingerprint density at radius 1 is 0.793 bits per heavy atom. The number of unbranched alkanes of at least 4 members (excludes halogenated alkanes) is 4. The maximum atomic E-state index is 12.7. The molecule has 2 rings (SSSR count). The molecule has 0 saturated carbocycles. The van der Waals surface area contributed by atoms with Crippen molar-refractivity contribution in [1.82, 2.24) is 0 Å². The lowest BCUT2D eigenvalue weighted by Crippen LogP contribution is -2.11. The van der Waals surface area contributed by atoms with Crippen LogP contribution in [0.4, 0.5) is 0 Å². The molecule has 2 atom stereocenters. The number of rotatable bonds is 12. The number of phenols is 2. The minimum atomic E-state index is 0.0355. The van der Waals surface area contributed by atoms with Crippen molar-refractivity contribution in [2.75, 3.05) is 0 Å². The van der Waals surface area contributed by atoms with Gasteiger partial charge in [-0.2, -0.15) is 0 Å². The van der Waals surface area contributed by atoms with Gasteiger partial charge in [0.15, 0.2) is 5.78 Å². The summed E-state index contributed by atoms with van der Waals surface area (Å²) in [5.74, 6) is 0.935. The Morgan fingerprint density at radius 2 is 1.38 bits per heavy atom. The largest absolute Gasteiger partial charge is 0.508 e. The van der Waals surface area contributed by atoms with E-state index >= 15 is 0 Å². The first kappa shape index (κ1) is 23.0. The van der Waals surface area contributed by atoms with Crippen molar-refractivity contribution in [3.8, 4) is 11.5 Å². The highest BCUT2D eigenvalue weighted by atomic mass is 16.3. The van der Waals surface area contributed by atoms with E-state index in [9.17, 15) is 15.0 Å². The Hall–Kier alpha value is -2.29. The minimum absolute atomic E-state index is 0.0355. The highest BCUT2D eigenvalue weighted by Crippen LogP contribution is 2.39. The van der Waals surface area contributed by atoms with E-state index in [0.29, 0.717) is 17.9 Å². The second-order valence-electron chi connectivity index (χ2n) is 7.98. The zero-order valence-electron chi connectivity index (χ0n) is 18.2. The summed E-state index contributed by atoms with van der Waals surface area (Å²) < 4.78 is 0. The Bertz CT molecular complexity index is 764. The Kier molecular flexibility index (Phi) is 9.24. The van der Waals surface area contributed by atoms with Crippen LogP contribution in [0.1, 0.15) is 105 Å². The van der Waals surface area contributed by atoms with Gasteiger partial charge in [0.2, 0.25) is 0 Å². The maximum absolute atomic E-state index is 12.7. The van der Waals surface area contributed by atoms with Gasteiger partial charge in [0.05, 0.1) is 5.56 Å². The SMILES string of the molecule is CCCCCCCC(=O)c1cc(C(CC)C(CC)c2ccc(O)cc2)ccc1O. The number of hydrogen-bond donors (Lipinski definition) is 2. The van der Waals surface area contributed by atoms with Crippen LogP contribution in [0.2, 0.25) is 0 Å². The van der Waals surface area contributed by atoms with Gasteiger partial charge in [-0.3, -0.25) is 4.79 Å². The number of aromatic hydroxyl groups is 2. The van der Waals surface area contributed by atoms with Gasteiger partial charge in [-0.05, 0) is 66.5 Å². The zero-order chi connectivity index (χ0) is 21.2. The first-order valence-electron chi connectivity index (χ1n) is 11.2. The van der Waals surface area contributed by atoms with E-state index in [4.69, 9.17) is 0 Å². The normalized spacial score (nSPS) is 13.2. The summed E-state index contributed by atoms with van der Waals surface area (Å²) in [6, 6.07) is 12.9. The lowest BCUT2D eigenvalue weighted by molar-refractivity contribution is 0.0976. The standard InChI is InChI=1S/C26H36O3/c1-4-7-8-9-10-11-25(28)24-18-20(14-17-26(24)29)23(6-3)22(5-2)19-12-15-21(27)16-13-19/h12-18,22-23,27,29H,4-11H2,1-3H3. The molecular formula is C26H36O3. The molecule has 0 aliphatic heterocycles. The average Bonchev–Trinajstić information content (AvgIpc) is 2.73. The van der Waals surface area contributed by atoms with Crippen molar-refractivity contribution in [3.63, 3.8) is 0 Å². The highest BCUT2D eigenvalue weighted by Gasteiger charge is 2.24. The maximum Gasteiger partial charge on any atom is 0.166 e. The fourth-order valence-electron chi connectivity index (χ4n) is 4.26. The summed E-state index contributed by atoms with van der Waals surface area (Å²) in [6.07, 6.45) is 7.91. The fraction of sp³-hybridized carbons (Fsp3) is 0.500. The van der Waals surface area contributed by atoms with E-state index in [1.54, 1.807) is 18.2 Å². The third kappa shape index (κ3) is 6.35. The quantitative estimate of drug-likeness (QED) is 0.292. The van der Waals surface area contributed by atoms with E-state index in [2.05, 4.69) is 20.8 Å². The Balaban J connectivity index is 2.20. The van der Waals surface area contributed by atoms with Crippen LogP contribution in [-0.2, 0) is 0 Å². The van der Waals surface area contributed by atoms with Gasteiger partial charge in [0.25, 0.3) is 0 Å². The van der Waals surface area contributed by atoms with Crippen molar-refractivity contribution in [2.45, 2.75) is 84.0 Å². The molecule has 0 spiro atoms. The molecule has 0 saturated heterocycles. The van der Waals surface area contributed by atoms with Crippen LogP contribution < -0.4 is 0 Å². The van der Waals surface area contributed by atoms with Crippen LogP contribution in [-0.4, -0.2) is 16.0 Å². The van der Waals surface area contributed by atoms with Crippen molar-refractivity contribution >= 4 is 5.78 Å². The summed E-state index contributed by atoms with van der Waals surface area (Å²) in [5, 5.41) is 19.9. The summed E-state index contributed by atoms with van der Waals surface area (Å²) in [7, 11) is 0. The second kappa shape index (κ2) is 11.6. The van der Waals surface area contributed by atoms with Crippen molar-refractivity contribution < 1.29 is 15.0 Å². The monoisotopic (exact) mass is 396 g/mol. The lowest BCUT2D eigenvalue weighted by Gasteiger charge is -2.27. The number of hydrogen-bond acceptors (Lipinski definition) is 3. The molecule has 2 N–H and O–H groups in total. The summed E-state index contributed by atoms with van der Waals surface area (Å²) >= 11 is 0. The number of carbonyl (C=O) groups is 1. The van der Waals surface area contributed by atoms with E-state index in [1.807, 2.05) is 24.3 Å². The third-order valence-electron chi connectivity index (χ3n) is 5.94. The first-order chi connectivity index (χ1) is 14.0. The smallest absolute Gasteiger partial charge is 0.166 e. The van der Waals surface area contributed by atoms with Crippen molar-refractivity contribution in [3.05, 3.63) is 59.2 Å². The van der Waals surface area contributed by atoms with Gasteiger partial charge in [0, 0.05) is 6.42 Å². The van der Waals surface area contributed by atoms with Gasteiger partial charge < -0.3 is 10.2 Å². The van der Waals surface area contributed by atoms with Crippen LogP contribution in [0.25, 0.3) is 0 Å². The van der Waals surface area contributed by atoms with Crippen molar-refractivity contribution in [2.24, 2.45) is 0 Å². The molecule has 2 unspecified atom stereocenters. The lowest BCUT2D eigenvalue weighted by atomic mass is 9.78. The van der Waals surface area contributed by atoms with E-state index in [1.165, 1.54) is 24.8 Å². The summed E-state index contributed by atoms with van der Waals surface area (Å²) in [6.45, 7) is 6.51. The van der Waals surface area contributed by atoms with E-state index in [-0.39, 0.29) is 23.2 Å². The van der Waals surface area contributed by atoms with Crippen molar-refractivity contribution in [1.29, 1.82) is 0 Å². The molecule has 3 heteroatoms. The first-order valence-corrected chi connectivity index (χ1v) is 11.2. The molecule has 29 heavy (non-hydrogen) atoms. The molecule has 0 heterocycles. The van der Waals surface area contributed by atoms with Gasteiger partial charge >= 0.3 is 0 Å². The van der Waals surface area contributed by atoms with Crippen LogP contribution >= 0.6 is 0 Å². The molecular weight excluding hydrogens is 360 g/mol. The predicted molar refractivity (Wildman–Crippen MR) is 120 cm³/mol. The van der Waals surface area contributed by atoms with Gasteiger partial charge in [-0.15, -0.1) is 0 Å². The summed E-state index contributed by atoms with van der Waals surface area (Å²) in [5.41, 5.74) is 2.74.